The number of methoxy groups -OCH3 is 1. The SMILES string of the molecule is COc1ccc(C(=O)NCCCC(=O)NCCN2C(=O)S/C(=C\c3ccccc3F)C2=O)cc1. The zero-order chi connectivity index (χ0) is 24.5. The van der Waals surface area contributed by atoms with Crippen LogP contribution in [-0.2, 0) is 9.59 Å². The number of halogens is 1. The van der Waals surface area contributed by atoms with E-state index in [2.05, 4.69) is 10.6 Å². The molecule has 0 aromatic heterocycles. The number of thioether (sulfide) groups is 1. The maximum absolute atomic E-state index is 13.8. The van der Waals surface area contributed by atoms with Gasteiger partial charge in [0.05, 0.1) is 12.0 Å². The minimum absolute atomic E-state index is 0.0131. The van der Waals surface area contributed by atoms with Crippen LogP contribution in [0.1, 0.15) is 28.8 Å². The van der Waals surface area contributed by atoms with Gasteiger partial charge in [-0.1, -0.05) is 18.2 Å². The molecule has 0 bridgehead atoms. The van der Waals surface area contributed by atoms with E-state index in [9.17, 15) is 23.6 Å². The lowest BCUT2D eigenvalue weighted by Gasteiger charge is -2.13. The second kappa shape index (κ2) is 12.0. The third-order valence-corrected chi connectivity index (χ3v) is 5.85. The number of ether oxygens (including phenoxy) is 1. The van der Waals surface area contributed by atoms with Crippen LogP contribution in [0.5, 0.6) is 5.75 Å². The molecule has 2 aromatic rings. The zero-order valence-electron chi connectivity index (χ0n) is 18.5. The first-order valence-electron chi connectivity index (χ1n) is 10.6. The Morgan fingerprint density at radius 3 is 2.50 bits per heavy atom. The Hall–Kier alpha value is -3.66. The van der Waals surface area contributed by atoms with Gasteiger partial charge in [-0.25, -0.2) is 4.39 Å². The van der Waals surface area contributed by atoms with Crippen LogP contribution in [0.25, 0.3) is 6.08 Å². The molecule has 2 N–H and O–H groups in total. The third kappa shape index (κ3) is 6.67. The Balaban J connectivity index is 1.36. The van der Waals surface area contributed by atoms with Gasteiger partial charge in [0.15, 0.2) is 0 Å². The molecule has 1 heterocycles. The molecule has 4 amide bonds. The number of rotatable bonds is 10. The van der Waals surface area contributed by atoms with Crippen LogP contribution >= 0.6 is 11.8 Å². The van der Waals surface area contributed by atoms with Crippen molar-refractivity contribution in [3.05, 3.63) is 70.4 Å². The predicted octanol–water partition coefficient (Wildman–Crippen LogP) is 3.20. The Morgan fingerprint density at radius 2 is 1.79 bits per heavy atom. The van der Waals surface area contributed by atoms with Gasteiger partial charge in [0.25, 0.3) is 17.1 Å². The summed E-state index contributed by atoms with van der Waals surface area (Å²) in [6, 6.07) is 12.6. The maximum atomic E-state index is 13.8. The molecule has 0 saturated carbocycles. The average molecular weight is 486 g/mol. The van der Waals surface area contributed by atoms with E-state index < -0.39 is 17.0 Å². The lowest BCUT2D eigenvalue weighted by Crippen LogP contribution is -2.37. The summed E-state index contributed by atoms with van der Waals surface area (Å²) < 4.78 is 18.9. The summed E-state index contributed by atoms with van der Waals surface area (Å²) in [5.41, 5.74) is 0.715. The number of hydrogen-bond acceptors (Lipinski definition) is 6. The second-order valence-corrected chi connectivity index (χ2v) is 8.29. The second-order valence-electron chi connectivity index (χ2n) is 7.29. The molecular formula is C24H24FN3O5S. The number of hydrogen-bond donors (Lipinski definition) is 2. The van der Waals surface area contributed by atoms with Crippen molar-refractivity contribution in [3.8, 4) is 5.75 Å². The highest BCUT2D eigenvalue weighted by atomic mass is 32.2. The molecule has 1 aliphatic heterocycles. The predicted molar refractivity (Wildman–Crippen MR) is 127 cm³/mol. The maximum Gasteiger partial charge on any atom is 0.293 e. The fourth-order valence-corrected chi connectivity index (χ4v) is 3.97. The van der Waals surface area contributed by atoms with E-state index >= 15 is 0 Å². The van der Waals surface area contributed by atoms with Crippen molar-refractivity contribution in [2.45, 2.75) is 12.8 Å². The number of benzene rings is 2. The molecule has 3 rings (SSSR count). The summed E-state index contributed by atoms with van der Waals surface area (Å²) in [5.74, 6) is -0.851. The molecule has 0 unspecified atom stereocenters. The fraction of sp³-hybridized carbons (Fsp3) is 0.250. The van der Waals surface area contributed by atoms with Gasteiger partial charge < -0.3 is 15.4 Å². The van der Waals surface area contributed by atoms with Gasteiger partial charge in [-0.3, -0.25) is 24.1 Å². The number of nitrogens with zero attached hydrogens (tertiary/aromatic N) is 1. The summed E-state index contributed by atoms with van der Waals surface area (Å²) in [6.45, 7) is 0.434. The number of carbonyl (C=O) groups is 4. The van der Waals surface area contributed by atoms with Gasteiger partial charge >= 0.3 is 0 Å². The molecule has 0 radical (unpaired) electrons. The molecule has 178 valence electrons. The van der Waals surface area contributed by atoms with E-state index in [-0.39, 0.29) is 41.8 Å². The number of nitrogens with one attached hydrogen (secondary N) is 2. The van der Waals surface area contributed by atoms with Crippen molar-refractivity contribution < 1.29 is 28.3 Å². The monoisotopic (exact) mass is 485 g/mol. The standard InChI is InChI=1S/C24H24FN3O5S/c1-33-18-10-8-16(9-11-18)22(30)27-12-4-7-21(29)26-13-14-28-23(31)20(34-24(28)32)15-17-5-2-3-6-19(17)25/h2-3,5-6,8-11,15H,4,7,12-14H2,1H3,(H,26,29)(H,27,30)/b20-15-. The topological polar surface area (TPSA) is 105 Å². The van der Waals surface area contributed by atoms with E-state index in [1.807, 2.05) is 0 Å². The van der Waals surface area contributed by atoms with Crippen molar-refractivity contribution in [2.75, 3.05) is 26.7 Å². The van der Waals surface area contributed by atoms with Crippen LogP contribution in [0.2, 0.25) is 0 Å². The molecule has 1 aliphatic rings. The van der Waals surface area contributed by atoms with Crippen LogP contribution in [0.3, 0.4) is 0 Å². The Bertz CT molecular complexity index is 1100. The van der Waals surface area contributed by atoms with Crippen LogP contribution in [-0.4, -0.2) is 54.6 Å². The number of imide groups is 1. The molecule has 0 atom stereocenters. The summed E-state index contributed by atoms with van der Waals surface area (Å²) in [4.78, 5) is 49.9. The number of carbonyl (C=O) groups excluding carboxylic acids is 4. The van der Waals surface area contributed by atoms with Gasteiger partial charge in [-0.15, -0.1) is 0 Å². The highest BCUT2D eigenvalue weighted by Crippen LogP contribution is 2.32. The van der Waals surface area contributed by atoms with Gasteiger partial charge in [-0.05, 0) is 54.6 Å². The lowest BCUT2D eigenvalue weighted by atomic mass is 10.2. The normalized spacial score (nSPS) is 14.4. The van der Waals surface area contributed by atoms with Crippen LogP contribution in [0.4, 0.5) is 9.18 Å². The first-order chi connectivity index (χ1) is 16.4. The third-order valence-electron chi connectivity index (χ3n) is 4.94. The Morgan fingerprint density at radius 1 is 1.06 bits per heavy atom. The fourth-order valence-electron chi connectivity index (χ4n) is 3.12. The lowest BCUT2D eigenvalue weighted by molar-refractivity contribution is -0.124. The summed E-state index contributed by atoms with van der Waals surface area (Å²) in [5, 5.41) is 4.93. The average Bonchev–Trinajstić information content (AvgIpc) is 3.10. The molecule has 8 nitrogen and oxygen atoms in total. The molecule has 2 aromatic carbocycles. The van der Waals surface area contributed by atoms with E-state index in [1.54, 1.807) is 37.4 Å². The summed E-state index contributed by atoms with van der Waals surface area (Å²) >= 11 is 0.736. The number of amides is 4. The first-order valence-corrected chi connectivity index (χ1v) is 11.4. The molecule has 0 spiro atoms. The molecule has 0 aliphatic carbocycles. The van der Waals surface area contributed by atoms with E-state index in [0.29, 0.717) is 24.3 Å². The minimum atomic E-state index is -0.520. The summed E-state index contributed by atoms with van der Waals surface area (Å²) in [6.07, 6.45) is 1.96. The van der Waals surface area contributed by atoms with Crippen molar-refractivity contribution in [3.63, 3.8) is 0 Å². The van der Waals surface area contributed by atoms with Crippen molar-refractivity contribution >= 4 is 40.8 Å². The van der Waals surface area contributed by atoms with Gasteiger partial charge in [0.2, 0.25) is 5.91 Å². The van der Waals surface area contributed by atoms with E-state index in [4.69, 9.17) is 4.74 Å². The molecule has 34 heavy (non-hydrogen) atoms. The summed E-state index contributed by atoms with van der Waals surface area (Å²) in [7, 11) is 1.54. The van der Waals surface area contributed by atoms with Crippen LogP contribution in [0.15, 0.2) is 53.4 Å². The van der Waals surface area contributed by atoms with Crippen LogP contribution in [0, 0.1) is 5.82 Å². The van der Waals surface area contributed by atoms with Crippen LogP contribution < -0.4 is 15.4 Å². The van der Waals surface area contributed by atoms with E-state index in [0.717, 1.165) is 16.7 Å². The van der Waals surface area contributed by atoms with Crippen molar-refractivity contribution in [1.29, 1.82) is 0 Å². The Labute approximate surface area is 200 Å². The van der Waals surface area contributed by atoms with Crippen molar-refractivity contribution in [1.82, 2.24) is 15.5 Å². The quantitative estimate of drug-likeness (QED) is 0.396. The minimum Gasteiger partial charge on any atom is -0.497 e. The van der Waals surface area contributed by atoms with E-state index in [1.165, 1.54) is 24.3 Å². The Kier molecular flexibility index (Phi) is 8.80. The van der Waals surface area contributed by atoms with Gasteiger partial charge in [0.1, 0.15) is 11.6 Å². The molecule has 10 heteroatoms. The smallest absolute Gasteiger partial charge is 0.293 e. The molecular weight excluding hydrogens is 461 g/mol. The van der Waals surface area contributed by atoms with Gasteiger partial charge in [-0.2, -0.15) is 0 Å². The highest BCUT2D eigenvalue weighted by molar-refractivity contribution is 8.18. The largest absolute Gasteiger partial charge is 0.497 e. The van der Waals surface area contributed by atoms with Crippen molar-refractivity contribution in [2.24, 2.45) is 0 Å². The zero-order valence-corrected chi connectivity index (χ0v) is 19.3. The first kappa shape index (κ1) is 25.0. The highest BCUT2D eigenvalue weighted by Gasteiger charge is 2.34. The van der Waals surface area contributed by atoms with Gasteiger partial charge in [0, 0.05) is 37.2 Å². The molecule has 1 saturated heterocycles. The molecule has 1 fully saturated rings.